The summed E-state index contributed by atoms with van der Waals surface area (Å²) in [5.74, 6) is 0. The minimum absolute atomic E-state index is 0.263. The van der Waals surface area contributed by atoms with Crippen LogP contribution >= 0.6 is 27.5 Å². The van der Waals surface area contributed by atoms with Crippen molar-refractivity contribution in [1.29, 1.82) is 0 Å². The first kappa shape index (κ1) is 14.5. The van der Waals surface area contributed by atoms with Gasteiger partial charge in [0.2, 0.25) is 4.73 Å². The summed E-state index contributed by atoms with van der Waals surface area (Å²) in [4.78, 5) is 17.9. The van der Waals surface area contributed by atoms with Gasteiger partial charge in [-0.3, -0.25) is 0 Å². The Morgan fingerprint density at radius 1 is 1.53 bits per heavy atom. The molecule has 0 unspecified atom stereocenters. The fraction of sp³-hybridized carbons (Fsp3) is 0.583. The first-order chi connectivity index (χ1) is 8.85. The number of aromatic nitrogens is 2. The standard InChI is InChI=1S/C12H16BrN3O2S/c1-12(2,3)18-11(17)16-6-4-8(5-7-16)9-14-10(13)15-19-9/h4H,5-7H2,1-3H3. The lowest BCUT2D eigenvalue weighted by Crippen LogP contribution is -2.39. The fourth-order valence-electron chi connectivity index (χ4n) is 1.69. The van der Waals surface area contributed by atoms with Crippen LogP contribution in [0.4, 0.5) is 4.79 Å². The van der Waals surface area contributed by atoms with Gasteiger partial charge in [-0.2, -0.15) is 4.37 Å². The molecule has 1 aliphatic rings. The van der Waals surface area contributed by atoms with Crippen LogP contribution in [-0.2, 0) is 4.74 Å². The summed E-state index contributed by atoms with van der Waals surface area (Å²) in [5.41, 5.74) is 0.688. The van der Waals surface area contributed by atoms with Gasteiger partial charge in [-0.1, -0.05) is 6.08 Å². The van der Waals surface area contributed by atoms with Crippen LogP contribution in [0.25, 0.3) is 5.57 Å². The first-order valence-corrected chi connectivity index (χ1v) is 7.58. The lowest BCUT2D eigenvalue weighted by Gasteiger charge is -2.29. The second-order valence-corrected chi connectivity index (χ2v) is 6.74. The van der Waals surface area contributed by atoms with Crippen LogP contribution in [-0.4, -0.2) is 39.0 Å². The van der Waals surface area contributed by atoms with Crippen LogP contribution in [0.15, 0.2) is 10.8 Å². The number of hydrogen-bond acceptors (Lipinski definition) is 5. The highest BCUT2D eigenvalue weighted by Gasteiger charge is 2.24. The Bertz CT molecular complexity index is 507. The molecule has 0 fully saturated rings. The number of ether oxygens (including phenoxy) is 1. The maximum Gasteiger partial charge on any atom is 0.410 e. The topological polar surface area (TPSA) is 55.3 Å². The van der Waals surface area contributed by atoms with Crippen molar-refractivity contribution >= 4 is 39.1 Å². The molecule has 5 nitrogen and oxygen atoms in total. The Morgan fingerprint density at radius 2 is 2.26 bits per heavy atom. The van der Waals surface area contributed by atoms with E-state index in [0.717, 1.165) is 17.0 Å². The Morgan fingerprint density at radius 3 is 2.74 bits per heavy atom. The van der Waals surface area contributed by atoms with Crippen molar-refractivity contribution in [2.75, 3.05) is 13.1 Å². The summed E-state index contributed by atoms with van der Waals surface area (Å²) in [6.45, 7) is 6.82. The van der Waals surface area contributed by atoms with Crippen LogP contribution < -0.4 is 0 Å². The summed E-state index contributed by atoms with van der Waals surface area (Å²) >= 11 is 4.61. The number of amides is 1. The van der Waals surface area contributed by atoms with Gasteiger partial charge >= 0.3 is 6.09 Å². The Hall–Kier alpha value is -0.950. The van der Waals surface area contributed by atoms with E-state index in [0.29, 0.717) is 17.8 Å². The van der Waals surface area contributed by atoms with E-state index in [1.807, 2.05) is 26.8 Å². The maximum atomic E-state index is 11.9. The zero-order valence-corrected chi connectivity index (χ0v) is 13.5. The average Bonchev–Trinajstić information content (AvgIpc) is 2.74. The predicted octanol–water partition coefficient (Wildman–Crippen LogP) is 3.32. The quantitative estimate of drug-likeness (QED) is 0.783. The van der Waals surface area contributed by atoms with Crippen molar-refractivity contribution in [3.8, 4) is 0 Å². The van der Waals surface area contributed by atoms with Gasteiger partial charge in [0.15, 0.2) is 0 Å². The van der Waals surface area contributed by atoms with Gasteiger partial charge in [-0.15, -0.1) is 0 Å². The number of halogens is 1. The third-order valence-corrected chi connectivity index (χ3v) is 3.92. The molecule has 1 amide bonds. The van der Waals surface area contributed by atoms with Crippen molar-refractivity contribution in [2.24, 2.45) is 0 Å². The minimum Gasteiger partial charge on any atom is -0.444 e. The molecule has 0 bridgehead atoms. The van der Waals surface area contributed by atoms with E-state index in [4.69, 9.17) is 4.74 Å². The third-order valence-electron chi connectivity index (χ3n) is 2.54. The summed E-state index contributed by atoms with van der Waals surface area (Å²) in [7, 11) is 0. The molecule has 0 saturated heterocycles. The van der Waals surface area contributed by atoms with Gasteiger partial charge in [0.25, 0.3) is 0 Å². The molecular weight excluding hydrogens is 330 g/mol. The molecule has 2 heterocycles. The number of rotatable bonds is 1. The molecule has 0 spiro atoms. The zero-order chi connectivity index (χ0) is 14.0. The molecule has 0 radical (unpaired) electrons. The molecule has 2 rings (SSSR count). The Balaban J connectivity index is 1.98. The monoisotopic (exact) mass is 345 g/mol. The normalized spacial score (nSPS) is 16.2. The van der Waals surface area contributed by atoms with Gasteiger partial charge in [-0.05, 0) is 60.2 Å². The molecule has 7 heteroatoms. The smallest absolute Gasteiger partial charge is 0.410 e. The molecule has 0 aromatic carbocycles. The van der Waals surface area contributed by atoms with E-state index < -0.39 is 5.60 Å². The number of hydrogen-bond donors (Lipinski definition) is 0. The molecule has 0 saturated carbocycles. The molecule has 1 aliphatic heterocycles. The lowest BCUT2D eigenvalue weighted by atomic mass is 10.1. The van der Waals surface area contributed by atoms with Crippen molar-refractivity contribution in [1.82, 2.24) is 14.3 Å². The number of carbonyl (C=O) groups is 1. The Labute approximate surface area is 125 Å². The van der Waals surface area contributed by atoms with Gasteiger partial charge in [-0.25, -0.2) is 9.78 Å². The van der Waals surface area contributed by atoms with Gasteiger partial charge in [0.05, 0.1) is 0 Å². The molecule has 0 N–H and O–H groups in total. The lowest BCUT2D eigenvalue weighted by molar-refractivity contribution is 0.0270. The minimum atomic E-state index is -0.453. The van der Waals surface area contributed by atoms with Crippen molar-refractivity contribution in [3.05, 3.63) is 15.8 Å². The largest absolute Gasteiger partial charge is 0.444 e. The van der Waals surface area contributed by atoms with Crippen molar-refractivity contribution in [2.45, 2.75) is 32.8 Å². The molecule has 0 atom stereocenters. The van der Waals surface area contributed by atoms with E-state index in [-0.39, 0.29) is 6.09 Å². The highest BCUT2D eigenvalue weighted by molar-refractivity contribution is 9.10. The van der Waals surface area contributed by atoms with E-state index in [2.05, 4.69) is 25.3 Å². The second kappa shape index (κ2) is 5.58. The molecule has 1 aromatic rings. The zero-order valence-electron chi connectivity index (χ0n) is 11.1. The Kier molecular flexibility index (Phi) is 4.25. The second-order valence-electron chi connectivity index (χ2n) is 5.27. The van der Waals surface area contributed by atoms with E-state index in [1.54, 1.807) is 4.90 Å². The molecule has 104 valence electrons. The average molecular weight is 346 g/mol. The van der Waals surface area contributed by atoms with Crippen LogP contribution in [0, 0.1) is 0 Å². The summed E-state index contributed by atoms with van der Waals surface area (Å²) < 4.78 is 10.1. The maximum absolute atomic E-state index is 11.9. The van der Waals surface area contributed by atoms with E-state index >= 15 is 0 Å². The van der Waals surface area contributed by atoms with Crippen LogP contribution in [0.2, 0.25) is 0 Å². The number of carbonyl (C=O) groups excluding carboxylic acids is 1. The van der Waals surface area contributed by atoms with Gasteiger partial charge in [0, 0.05) is 13.1 Å². The summed E-state index contributed by atoms with van der Waals surface area (Å²) in [6, 6.07) is 0. The molecule has 1 aromatic heterocycles. The van der Waals surface area contributed by atoms with Crippen LogP contribution in [0.3, 0.4) is 0 Å². The summed E-state index contributed by atoms with van der Waals surface area (Å²) in [6.07, 6.45) is 2.53. The number of nitrogens with zero attached hydrogens (tertiary/aromatic N) is 3. The summed E-state index contributed by atoms with van der Waals surface area (Å²) in [5, 5.41) is 0.913. The van der Waals surface area contributed by atoms with Crippen LogP contribution in [0.1, 0.15) is 32.2 Å². The highest BCUT2D eigenvalue weighted by Crippen LogP contribution is 2.25. The fourth-order valence-corrected chi connectivity index (χ4v) is 2.84. The van der Waals surface area contributed by atoms with Crippen molar-refractivity contribution in [3.63, 3.8) is 0 Å². The predicted molar refractivity (Wildman–Crippen MR) is 78.0 cm³/mol. The highest BCUT2D eigenvalue weighted by atomic mass is 79.9. The SMILES string of the molecule is CC(C)(C)OC(=O)N1CC=C(c2nc(Br)ns2)CC1. The first-order valence-electron chi connectivity index (χ1n) is 6.02. The molecule has 19 heavy (non-hydrogen) atoms. The van der Waals surface area contributed by atoms with Gasteiger partial charge in [0.1, 0.15) is 10.6 Å². The molecule has 0 aliphatic carbocycles. The van der Waals surface area contributed by atoms with Crippen LogP contribution in [0.5, 0.6) is 0 Å². The van der Waals surface area contributed by atoms with Gasteiger partial charge < -0.3 is 9.64 Å². The third kappa shape index (κ3) is 4.01. The molecular formula is C12H16BrN3O2S. The van der Waals surface area contributed by atoms with E-state index in [1.165, 1.54) is 11.5 Å². The van der Waals surface area contributed by atoms with Crippen molar-refractivity contribution < 1.29 is 9.53 Å². The van der Waals surface area contributed by atoms with E-state index in [9.17, 15) is 4.79 Å².